The van der Waals surface area contributed by atoms with Crippen molar-refractivity contribution in [3.8, 4) is 0 Å². The highest BCUT2D eigenvalue weighted by molar-refractivity contribution is 6.01. The molecule has 11 heteroatoms. The number of nitrogens with one attached hydrogen (secondary N) is 1. The Morgan fingerprint density at radius 2 is 2.10 bits per heavy atom. The van der Waals surface area contributed by atoms with E-state index in [4.69, 9.17) is 19.1 Å². The summed E-state index contributed by atoms with van der Waals surface area (Å²) in [7, 11) is 1.26. The first kappa shape index (κ1) is 22.5. The first-order valence-corrected chi connectivity index (χ1v) is 9.25. The molecule has 0 aromatic rings. The van der Waals surface area contributed by atoms with Crippen LogP contribution in [0.25, 0.3) is 0 Å². The standard InChI is InChI=1S/C18H28N4O7/c1-6-8-28-22-14-11-21(17(22)25)13(15(23)26-5)10-12(14)20-27-9-7-19-16(24)29-18(2,3)4/h6,13-14H,1,7-11H2,2-5H3,(H,19,24)/t13-,14-/m0/s1. The Kier molecular flexibility index (Phi) is 7.43. The number of ether oxygens (including phenoxy) is 2. The minimum absolute atomic E-state index is 0.0868. The molecule has 162 valence electrons. The third kappa shape index (κ3) is 5.83. The molecule has 2 aliphatic rings. The molecule has 2 atom stereocenters. The topological polar surface area (TPSA) is 119 Å². The van der Waals surface area contributed by atoms with Gasteiger partial charge in [0.1, 0.15) is 24.3 Å². The van der Waals surface area contributed by atoms with Gasteiger partial charge in [0.25, 0.3) is 0 Å². The maximum absolute atomic E-state index is 12.6. The second-order valence-corrected chi connectivity index (χ2v) is 7.45. The van der Waals surface area contributed by atoms with Crippen LogP contribution in [0.2, 0.25) is 0 Å². The molecule has 2 rings (SSSR count). The van der Waals surface area contributed by atoms with Crippen molar-refractivity contribution in [2.24, 2.45) is 5.16 Å². The van der Waals surface area contributed by atoms with E-state index in [2.05, 4.69) is 17.1 Å². The molecule has 2 bridgehead atoms. The fourth-order valence-electron chi connectivity index (χ4n) is 2.91. The van der Waals surface area contributed by atoms with Crippen molar-refractivity contribution in [3.05, 3.63) is 12.7 Å². The Hall–Kier alpha value is -2.82. The fourth-order valence-corrected chi connectivity index (χ4v) is 2.91. The third-order valence-corrected chi connectivity index (χ3v) is 4.10. The minimum atomic E-state index is -0.802. The number of amides is 3. The molecule has 0 aromatic heterocycles. The molecule has 0 saturated carbocycles. The normalized spacial score (nSPS) is 22.5. The molecule has 29 heavy (non-hydrogen) atoms. The highest BCUT2D eigenvalue weighted by Gasteiger charge is 2.52. The van der Waals surface area contributed by atoms with Gasteiger partial charge in [-0.2, -0.15) is 5.06 Å². The summed E-state index contributed by atoms with van der Waals surface area (Å²) < 4.78 is 9.92. The number of rotatable bonds is 8. The van der Waals surface area contributed by atoms with Crippen molar-refractivity contribution in [1.82, 2.24) is 15.3 Å². The van der Waals surface area contributed by atoms with E-state index in [1.54, 1.807) is 20.8 Å². The Morgan fingerprint density at radius 1 is 1.38 bits per heavy atom. The van der Waals surface area contributed by atoms with Gasteiger partial charge in [0, 0.05) is 6.42 Å². The second-order valence-electron chi connectivity index (χ2n) is 7.45. The molecule has 2 aliphatic heterocycles. The van der Waals surface area contributed by atoms with Gasteiger partial charge in [0.15, 0.2) is 0 Å². The Balaban J connectivity index is 1.98. The maximum atomic E-state index is 12.6. The highest BCUT2D eigenvalue weighted by Crippen LogP contribution is 2.29. The second kappa shape index (κ2) is 9.59. The van der Waals surface area contributed by atoms with Crippen LogP contribution in [-0.2, 0) is 23.9 Å². The molecule has 2 saturated heterocycles. The Bertz CT molecular complexity index is 674. The molecule has 11 nitrogen and oxygen atoms in total. The van der Waals surface area contributed by atoms with Crippen molar-refractivity contribution in [2.45, 2.75) is 44.9 Å². The lowest BCUT2D eigenvalue weighted by atomic mass is 9.99. The van der Waals surface area contributed by atoms with E-state index in [1.165, 1.54) is 23.1 Å². The summed E-state index contributed by atoms with van der Waals surface area (Å²) in [5, 5.41) is 7.81. The smallest absolute Gasteiger partial charge is 0.407 e. The van der Waals surface area contributed by atoms with Crippen molar-refractivity contribution < 1.29 is 33.5 Å². The van der Waals surface area contributed by atoms with Gasteiger partial charge in [-0.25, -0.2) is 14.4 Å². The number of urea groups is 1. The van der Waals surface area contributed by atoms with Gasteiger partial charge in [0.2, 0.25) is 0 Å². The Morgan fingerprint density at radius 3 is 2.72 bits per heavy atom. The SMILES string of the molecule is C=CCON1C(=O)N2C[C@H]1C(=NOCCNC(=O)OC(C)(C)C)C[C@H]2C(=O)OC. The molecule has 0 aromatic carbocycles. The number of piperidine rings is 1. The van der Waals surface area contributed by atoms with Gasteiger partial charge in [0.05, 0.1) is 32.5 Å². The summed E-state index contributed by atoms with van der Waals surface area (Å²) in [5.74, 6) is -0.540. The van der Waals surface area contributed by atoms with Gasteiger partial charge >= 0.3 is 18.1 Å². The van der Waals surface area contributed by atoms with Crippen molar-refractivity contribution in [2.75, 3.05) is 33.4 Å². The lowest BCUT2D eigenvalue weighted by Gasteiger charge is -2.29. The monoisotopic (exact) mass is 412 g/mol. The zero-order valence-electron chi connectivity index (χ0n) is 17.2. The van der Waals surface area contributed by atoms with Gasteiger partial charge in [-0.1, -0.05) is 11.2 Å². The number of methoxy groups -OCH3 is 1. The molecule has 3 amide bonds. The van der Waals surface area contributed by atoms with Crippen LogP contribution in [0.15, 0.2) is 17.8 Å². The van der Waals surface area contributed by atoms with Crippen LogP contribution in [0.4, 0.5) is 9.59 Å². The largest absolute Gasteiger partial charge is 0.467 e. The van der Waals surface area contributed by atoms with E-state index in [9.17, 15) is 14.4 Å². The van der Waals surface area contributed by atoms with Gasteiger partial charge in [-0.3, -0.25) is 4.84 Å². The predicted octanol–water partition coefficient (Wildman–Crippen LogP) is 1.05. The van der Waals surface area contributed by atoms with E-state index in [-0.39, 0.29) is 32.7 Å². The quantitative estimate of drug-likeness (QED) is 0.274. The number of fused-ring (bicyclic) bond motifs is 2. The Labute approximate surface area is 169 Å². The molecular formula is C18H28N4O7. The third-order valence-electron chi connectivity index (χ3n) is 4.10. The summed E-state index contributed by atoms with van der Waals surface area (Å²) in [6, 6.07) is -1.73. The van der Waals surface area contributed by atoms with Crippen LogP contribution in [-0.4, -0.2) is 84.9 Å². The van der Waals surface area contributed by atoms with Crippen LogP contribution in [0.3, 0.4) is 0 Å². The number of oxime groups is 1. The summed E-state index contributed by atoms with van der Waals surface area (Å²) in [6.45, 7) is 9.49. The number of hydroxylamine groups is 2. The fraction of sp³-hybridized carbons (Fsp3) is 0.667. The van der Waals surface area contributed by atoms with E-state index < -0.39 is 35.8 Å². The van der Waals surface area contributed by atoms with Gasteiger partial charge < -0.3 is 24.5 Å². The van der Waals surface area contributed by atoms with E-state index in [1.807, 2.05) is 0 Å². The predicted molar refractivity (Wildman–Crippen MR) is 102 cm³/mol. The summed E-state index contributed by atoms with van der Waals surface area (Å²) in [5.41, 5.74) is -0.116. The lowest BCUT2D eigenvalue weighted by Crippen LogP contribution is -2.49. The van der Waals surface area contributed by atoms with Crippen LogP contribution >= 0.6 is 0 Å². The average Bonchev–Trinajstić information content (AvgIpc) is 2.91. The number of alkyl carbamates (subject to hydrolysis) is 1. The zero-order chi connectivity index (χ0) is 21.6. The molecule has 0 radical (unpaired) electrons. The first-order chi connectivity index (χ1) is 13.7. The molecule has 1 N–H and O–H groups in total. The number of hydrogen-bond donors (Lipinski definition) is 1. The molecule has 0 spiro atoms. The molecular weight excluding hydrogens is 384 g/mol. The average molecular weight is 412 g/mol. The summed E-state index contributed by atoms with van der Waals surface area (Å²) in [6.07, 6.45) is 1.12. The highest BCUT2D eigenvalue weighted by atomic mass is 16.7. The van der Waals surface area contributed by atoms with Crippen LogP contribution in [0, 0.1) is 0 Å². The lowest BCUT2D eigenvalue weighted by molar-refractivity contribution is -0.145. The number of esters is 1. The van der Waals surface area contributed by atoms with E-state index >= 15 is 0 Å². The summed E-state index contributed by atoms with van der Waals surface area (Å²) in [4.78, 5) is 48.4. The van der Waals surface area contributed by atoms with E-state index in [0.717, 1.165) is 0 Å². The first-order valence-electron chi connectivity index (χ1n) is 9.25. The summed E-state index contributed by atoms with van der Waals surface area (Å²) >= 11 is 0. The van der Waals surface area contributed by atoms with Crippen molar-refractivity contribution >= 4 is 23.8 Å². The maximum Gasteiger partial charge on any atom is 0.407 e. The molecule has 2 heterocycles. The van der Waals surface area contributed by atoms with Crippen molar-refractivity contribution in [1.29, 1.82) is 0 Å². The van der Waals surface area contributed by atoms with Gasteiger partial charge in [-0.15, -0.1) is 6.58 Å². The number of hydrogen-bond acceptors (Lipinski definition) is 8. The van der Waals surface area contributed by atoms with Crippen molar-refractivity contribution in [3.63, 3.8) is 0 Å². The van der Waals surface area contributed by atoms with E-state index in [0.29, 0.717) is 5.71 Å². The molecule has 0 aliphatic carbocycles. The number of carbonyl (C=O) groups is 3. The number of carbonyl (C=O) groups excluding carboxylic acids is 3. The minimum Gasteiger partial charge on any atom is -0.467 e. The molecule has 0 unspecified atom stereocenters. The number of nitrogens with zero attached hydrogens (tertiary/aromatic N) is 3. The zero-order valence-corrected chi connectivity index (χ0v) is 17.2. The van der Waals surface area contributed by atoms with Crippen LogP contribution < -0.4 is 5.32 Å². The molecule has 2 fully saturated rings. The van der Waals surface area contributed by atoms with Gasteiger partial charge in [-0.05, 0) is 20.8 Å². The van der Waals surface area contributed by atoms with Crippen LogP contribution in [0.1, 0.15) is 27.2 Å². The van der Waals surface area contributed by atoms with Crippen LogP contribution in [0.5, 0.6) is 0 Å².